The maximum absolute atomic E-state index is 13.9. The van der Waals surface area contributed by atoms with E-state index in [2.05, 4.69) is 5.32 Å². The first-order valence-electron chi connectivity index (χ1n) is 9.10. The Bertz CT molecular complexity index is 649. The molecule has 5 nitrogen and oxygen atoms in total. The molecule has 1 saturated carbocycles. The van der Waals surface area contributed by atoms with E-state index < -0.39 is 11.9 Å². The van der Waals surface area contributed by atoms with Gasteiger partial charge in [0, 0.05) is 13.0 Å². The number of hydrogen-bond acceptors (Lipinski definition) is 3. The lowest BCUT2D eigenvalue weighted by molar-refractivity contribution is -0.128. The number of rotatable bonds is 5. The fourth-order valence-corrected chi connectivity index (χ4v) is 4.06. The quantitative estimate of drug-likeness (QED) is 0.820. The second kappa shape index (κ2) is 8.82. The molecule has 1 aromatic rings. The number of carbonyl (C=O) groups is 2. The SMILES string of the molecule is Cl.NCC1(CC(=O)NC2CCN(c3ccccc3F)C2=O)CCCCC1. The number of carbonyl (C=O) groups excluding carboxylic acids is 2. The second-order valence-corrected chi connectivity index (χ2v) is 7.29. The van der Waals surface area contributed by atoms with Crippen LogP contribution in [-0.4, -0.2) is 30.9 Å². The van der Waals surface area contributed by atoms with Gasteiger partial charge in [0.05, 0.1) is 5.69 Å². The third-order valence-electron chi connectivity index (χ3n) is 5.57. The van der Waals surface area contributed by atoms with E-state index in [1.807, 2.05) is 0 Å². The zero-order chi connectivity index (χ0) is 17.9. The molecule has 7 heteroatoms. The first-order chi connectivity index (χ1) is 12.0. The van der Waals surface area contributed by atoms with Gasteiger partial charge in [-0.3, -0.25) is 9.59 Å². The number of nitrogens with one attached hydrogen (secondary N) is 1. The van der Waals surface area contributed by atoms with Gasteiger partial charge in [-0.2, -0.15) is 0 Å². The number of para-hydroxylation sites is 1. The summed E-state index contributed by atoms with van der Waals surface area (Å²) in [7, 11) is 0. The van der Waals surface area contributed by atoms with Crippen LogP contribution in [0.5, 0.6) is 0 Å². The standard InChI is InChI=1S/C19H26FN3O2.ClH/c20-14-6-2-3-7-16(14)23-11-8-15(18(23)25)22-17(24)12-19(13-21)9-4-1-5-10-19;/h2-3,6-7,15H,1,4-5,8-13,21H2,(H,22,24);1H. The minimum absolute atomic E-state index is 0. The Kier molecular flexibility index (Phi) is 7.01. The molecule has 0 spiro atoms. The van der Waals surface area contributed by atoms with Gasteiger partial charge in [0.1, 0.15) is 11.9 Å². The lowest BCUT2D eigenvalue weighted by Gasteiger charge is -2.35. The number of anilines is 1. The third-order valence-corrected chi connectivity index (χ3v) is 5.57. The maximum Gasteiger partial charge on any atom is 0.249 e. The maximum atomic E-state index is 13.9. The van der Waals surface area contributed by atoms with E-state index in [1.165, 1.54) is 17.4 Å². The fraction of sp³-hybridized carbons (Fsp3) is 0.579. The summed E-state index contributed by atoms with van der Waals surface area (Å²) in [6, 6.07) is 5.64. The van der Waals surface area contributed by atoms with E-state index in [-0.39, 0.29) is 35.3 Å². The summed E-state index contributed by atoms with van der Waals surface area (Å²) in [6.45, 7) is 0.910. The molecule has 3 rings (SSSR count). The number of benzene rings is 1. The van der Waals surface area contributed by atoms with Gasteiger partial charge < -0.3 is 16.0 Å². The molecule has 144 valence electrons. The summed E-state index contributed by atoms with van der Waals surface area (Å²) in [4.78, 5) is 26.4. The minimum atomic E-state index is -0.578. The molecule has 3 N–H and O–H groups in total. The van der Waals surface area contributed by atoms with E-state index in [4.69, 9.17) is 5.73 Å². The van der Waals surface area contributed by atoms with Crippen LogP contribution in [0.2, 0.25) is 0 Å². The van der Waals surface area contributed by atoms with Crippen LogP contribution in [0.4, 0.5) is 10.1 Å². The second-order valence-electron chi connectivity index (χ2n) is 7.29. The summed E-state index contributed by atoms with van der Waals surface area (Å²) >= 11 is 0. The normalized spacial score (nSPS) is 22.0. The van der Waals surface area contributed by atoms with Crippen molar-refractivity contribution in [1.29, 1.82) is 0 Å². The van der Waals surface area contributed by atoms with E-state index in [9.17, 15) is 14.0 Å². The molecule has 0 radical (unpaired) electrons. The predicted octanol–water partition coefficient (Wildman–Crippen LogP) is 2.77. The largest absolute Gasteiger partial charge is 0.344 e. The van der Waals surface area contributed by atoms with Crippen LogP contribution in [0.3, 0.4) is 0 Å². The number of halogens is 2. The fourth-order valence-electron chi connectivity index (χ4n) is 4.06. The Morgan fingerprint density at radius 1 is 1.27 bits per heavy atom. The van der Waals surface area contributed by atoms with Gasteiger partial charge in [-0.25, -0.2) is 4.39 Å². The molecular formula is C19H27ClFN3O2. The smallest absolute Gasteiger partial charge is 0.249 e. The molecule has 0 aromatic heterocycles. The van der Waals surface area contributed by atoms with E-state index in [0.29, 0.717) is 25.9 Å². The van der Waals surface area contributed by atoms with Gasteiger partial charge in [-0.1, -0.05) is 31.4 Å². The average molecular weight is 384 g/mol. The number of amides is 2. The first-order valence-corrected chi connectivity index (χ1v) is 9.10. The Balaban J connectivity index is 0.00000243. The molecule has 1 heterocycles. The predicted molar refractivity (Wildman–Crippen MR) is 102 cm³/mol. The van der Waals surface area contributed by atoms with E-state index in [0.717, 1.165) is 25.7 Å². The molecule has 1 atom stereocenters. The molecule has 0 bridgehead atoms. The van der Waals surface area contributed by atoms with Gasteiger partial charge in [-0.15, -0.1) is 12.4 Å². The van der Waals surface area contributed by atoms with Crippen LogP contribution in [0.1, 0.15) is 44.9 Å². The highest BCUT2D eigenvalue weighted by Crippen LogP contribution is 2.38. The van der Waals surface area contributed by atoms with Gasteiger partial charge in [0.2, 0.25) is 11.8 Å². The number of nitrogens with zero attached hydrogens (tertiary/aromatic N) is 1. The molecule has 1 aromatic carbocycles. The number of nitrogens with two attached hydrogens (primary N) is 1. The van der Waals surface area contributed by atoms with Crippen molar-refractivity contribution in [3.05, 3.63) is 30.1 Å². The van der Waals surface area contributed by atoms with Gasteiger partial charge in [0.25, 0.3) is 0 Å². The first kappa shape index (κ1) is 20.6. The van der Waals surface area contributed by atoms with Gasteiger partial charge in [0.15, 0.2) is 0 Å². The highest BCUT2D eigenvalue weighted by atomic mass is 35.5. The topological polar surface area (TPSA) is 75.4 Å². The van der Waals surface area contributed by atoms with E-state index in [1.54, 1.807) is 18.2 Å². The summed E-state index contributed by atoms with van der Waals surface area (Å²) in [5.74, 6) is -0.794. The molecule has 1 aliphatic carbocycles. The van der Waals surface area contributed by atoms with Crippen molar-refractivity contribution >= 4 is 29.9 Å². The molecular weight excluding hydrogens is 357 g/mol. The molecule has 2 fully saturated rings. The average Bonchev–Trinajstić information content (AvgIpc) is 2.96. The van der Waals surface area contributed by atoms with Crippen molar-refractivity contribution in [3.63, 3.8) is 0 Å². The van der Waals surface area contributed by atoms with Crippen LogP contribution in [0.25, 0.3) is 0 Å². The van der Waals surface area contributed by atoms with Crippen molar-refractivity contribution in [3.8, 4) is 0 Å². The highest BCUT2D eigenvalue weighted by Gasteiger charge is 2.37. The van der Waals surface area contributed by atoms with Crippen LogP contribution >= 0.6 is 12.4 Å². The van der Waals surface area contributed by atoms with E-state index >= 15 is 0 Å². The summed E-state index contributed by atoms with van der Waals surface area (Å²) in [6.07, 6.45) is 6.21. The van der Waals surface area contributed by atoms with Crippen LogP contribution < -0.4 is 16.0 Å². The van der Waals surface area contributed by atoms with Crippen LogP contribution in [0, 0.1) is 11.2 Å². The van der Waals surface area contributed by atoms with Crippen LogP contribution in [-0.2, 0) is 9.59 Å². The van der Waals surface area contributed by atoms with Crippen molar-refractivity contribution in [2.45, 2.75) is 51.0 Å². The van der Waals surface area contributed by atoms with Crippen molar-refractivity contribution in [2.24, 2.45) is 11.1 Å². The zero-order valence-corrected chi connectivity index (χ0v) is 15.7. The lowest BCUT2D eigenvalue weighted by atomic mass is 9.71. The summed E-state index contributed by atoms with van der Waals surface area (Å²) in [5.41, 5.74) is 6.08. The lowest BCUT2D eigenvalue weighted by Crippen LogP contribution is -2.45. The minimum Gasteiger partial charge on any atom is -0.344 e. The monoisotopic (exact) mass is 383 g/mol. The van der Waals surface area contributed by atoms with Crippen molar-refractivity contribution in [1.82, 2.24) is 5.32 Å². The molecule has 26 heavy (non-hydrogen) atoms. The summed E-state index contributed by atoms with van der Waals surface area (Å²) in [5, 5.41) is 2.85. The third kappa shape index (κ3) is 4.35. The molecule has 1 aliphatic heterocycles. The Hall–Kier alpha value is -1.66. The zero-order valence-electron chi connectivity index (χ0n) is 14.9. The molecule has 1 unspecified atom stereocenters. The Morgan fingerprint density at radius 3 is 2.62 bits per heavy atom. The Labute approximate surface area is 159 Å². The van der Waals surface area contributed by atoms with Gasteiger partial charge in [-0.05, 0) is 43.4 Å². The summed E-state index contributed by atoms with van der Waals surface area (Å²) < 4.78 is 13.9. The Morgan fingerprint density at radius 2 is 1.96 bits per heavy atom. The molecule has 2 amide bonds. The van der Waals surface area contributed by atoms with Crippen molar-refractivity contribution in [2.75, 3.05) is 18.0 Å². The molecule has 2 aliphatic rings. The van der Waals surface area contributed by atoms with Crippen molar-refractivity contribution < 1.29 is 14.0 Å². The molecule has 1 saturated heterocycles. The van der Waals surface area contributed by atoms with Gasteiger partial charge >= 0.3 is 0 Å². The number of hydrogen-bond donors (Lipinski definition) is 2. The van der Waals surface area contributed by atoms with Crippen LogP contribution in [0.15, 0.2) is 24.3 Å². The highest BCUT2D eigenvalue weighted by molar-refractivity contribution is 6.01.